The van der Waals surface area contributed by atoms with Gasteiger partial charge in [0.2, 0.25) is 0 Å². The minimum absolute atomic E-state index is 0.317. The highest BCUT2D eigenvalue weighted by molar-refractivity contribution is 7.67. The first-order valence-corrected chi connectivity index (χ1v) is 17.1. The average Bonchev–Trinajstić information content (AvgIpc) is 3.02. The van der Waals surface area contributed by atoms with Crippen molar-refractivity contribution in [3.05, 3.63) is 97.1 Å². The van der Waals surface area contributed by atoms with E-state index in [9.17, 15) is 0 Å². The predicted molar refractivity (Wildman–Crippen MR) is 178 cm³/mol. The highest BCUT2D eigenvalue weighted by atomic mass is 31.1. The standard InChI is InChI=1S/C38H40NOP/c39-29-14-11-15-30(26-29)40-35-24-22-27-12-7-9-20-33(27)37(35)38-34-21-10-8-13-28(34)23-25-36(38)41(31-16-3-1-4-17-31)32-18-5-2-6-19-32/h7-15,20-26,31-32H,1-6,16-19,39H2. The SMILES string of the molecule is Nc1cccc(Oc2ccc3ccccc3c2-c2c(P(C3CCCCC3)C3CCCCC3)ccc3ccccc23)c1. The van der Waals surface area contributed by atoms with E-state index in [1.165, 1.54) is 96.9 Å². The van der Waals surface area contributed by atoms with Crippen LogP contribution in [0.4, 0.5) is 5.69 Å². The Balaban J connectivity index is 1.51. The number of benzene rings is 5. The first-order chi connectivity index (χ1) is 20.3. The largest absolute Gasteiger partial charge is 0.457 e. The molecule has 2 saturated carbocycles. The summed E-state index contributed by atoms with van der Waals surface area (Å²) in [4.78, 5) is 0. The molecule has 41 heavy (non-hydrogen) atoms. The Kier molecular flexibility index (Phi) is 7.68. The number of anilines is 1. The lowest BCUT2D eigenvalue weighted by Gasteiger charge is -2.40. The van der Waals surface area contributed by atoms with Crippen molar-refractivity contribution in [2.24, 2.45) is 0 Å². The summed E-state index contributed by atoms with van der Waals surface area (Å²) in [7, 11) is -0.317. The van der Waals surface area contributed by atoms with Crippen LogP contribution in [0.5, 0.6) is 11.5 Å². The van der Waals surface area contributed by atoms with Crippen molar-refractivity contribution in [1.29, 1.82) is 0 Å². The fourth-order valence-corrected chi connectivity index (χ4v) is 11.4. The van der Waals surface area contributed by atoms with Gasteiger partial charge in [-0.3, -0.25) is 0 Å². The maximum absolute atomic E-state index is 6.75. The third kappa shape index (κ3) is 5.35. The van der Waals surface area contributed by atoms with Crippen LogP contribution >= 0.6 is 7.92 Å². The molecule has 0 bridgehead atoms. The number of hydrogen-bond donors (Lipinski definition) is 1. The number of fused-ring (bicyclic) bond motifs is 2. The minimum atomic E-state index is -0.317. The Bertz CT molecular complexity index is 1650. The molecule has 7 rings (SSSR count). The molecule has 0 amide bonds. The maximum Gasteiger partial charge on any atom is 0.135 e. The second kappa shape index (κ2) is 11.9. The van der Waals surface area contributed by atoms with E-state index in [2.05, 4.69) is 72.8 Å². The molecule has 0 atom stereocenters. The number of hydrogen-bond acceptors (Lipinski definition) is 2. The van der Waals surface area contributed by atoms with Gasteiger partial charge < -0.3 is 10.5 Å². The fraction of sp³-hybridized carbons (Fsp3) is 0.316. The first kappa shape index (κ1) is 26.5. The van der Waals surface area contributed by atoms with Crippen LogP contribution < -0.4 is 15.8 Å². The van der Waals surface area contributed by atoms with Crippen molar-refractivity contribution in [2.75, 3.05) is 5.73 Å². The van der Waals surface area contributed by atoms with Crippen LogP contribution in [0.3, 0.4) is 0 Å². The molecule has 2 aliphatic rings. The van der Waals surface area contributed by atoms with Crippen LogP contribution in [0.25, 0.3) is 32.7 Å². The van der Waals surface area contributed by atoms with Gasteiger partial charge in [0, 0.05) is 22.9 Å². The third-order valence-electron chi connectivity index (χ3n) is 9.35. The van der Waals surface area contributed by atoms with Gasteiger partial charge >= 0.3 is 0 Å². The van der Waals surface area contributed by atoms with Gasteiger partial charge in [0.25, 0.3) is 0 Å². The predicted octanol–water partition coefficient (Wildman–Crippen LogP) is 10.8. The van der Waals surface area contributed by atoms with E-state index in [1.807, 2.05) is 24.3 Å². The zero-order chi connectivity index (χ0) is 27.6. The van der Waals surface area contributed by atoms with Gasteiger partial charge in [0.15, 0.2) is 0 Å². The molecule has 0 aromatic heterocycles. The topological polar surface area (TPSA) is 35.2 Å². The van der Waals surface area contributed by atoms with Gasteiger partial charge in [-0.2, -0.15) is 0 Å². The molecular formula is C38H40NOP. The van der Waals surface area contributed by atoms with E-state index >= 15 is 0 Å². The van der Waals surface area contributed by atoms with Gasteiger partial charge in [-0.1, -0.05) is 119 Å². The Hall–Kier alpha value is -3.35. The van der Waals surface area contributed by atoms with Crippen molar-refractivity contribution in [2.45, 2.75) is 75.5 Å². The van der Waals surface area contributed by atoms with E-state index in [1.54, 1.807) is 5.30 Å². The fourth-order valence-electron chi connectivity index (χ4n) is 7.45. The molecule has 208 valence electrons. The summed E-state index contributed by atoms with van der Waals surface area (Å²) in [6.07, 6.45) is 13.9. The second-order valence-electron chi connectivity index (χ2n) is 12.0. The van der Waals surface area contributed by atoms with Crippen LogP contribution in [0.2, 0.25) is 0 Å². The summed E-state index contributed by atoms with van der Waals surface area (Å²) in [6, 6.07) is 35.0. The van der Waals surface area contributed by atoms with Crippen LogP contribution in [-0.4, -0.2) is 11.3 Å². The van der Waals surface area contributed by atoms with Crippen LogP contribution in [0, 0.1) is 0 Å². The lowest BCUT2D eigenvalue weighted by atomic mass is 9.93. The van der Waals surface area contributed by atoms with Gasteiger partial charge in [0.05, 0.1) is 0 Å². The van der Waals surface area contributed by atoms with Crippen molar-refractivity contribution in [3.63, 3.8) is 0 Å². The summed E-state index contributed by atoms with van der Waals surface area (Å²) in [5, 5.41) is 6.76. The summed E-state index contributed by atoms with van der Waals surface area (Å²) >= 11 is 0. The summed E-state index contributed by atoms with van der Waals surface area (Å²) in [6.45, 7) is 0. The zero-order valence-corrected chi connectivity index (χ0v) is 24.8. The highest BCUT2D eigenvalue weighted by Crippen LogP contribution is 2.57. The first-order valence-electron chi connectivity index (χ1n) is 15.6. The molecule has 3 heteroatoms. The number of nitrogen functional groups attached to an aromatic ring is 1. The van der Waals surface area contributed by atoms with E-state index in [0.29, 0.717) is 5.69 Å². The molecule has 2 N–H and O–H groups in total. The van der Waals surface area contributed by atoms with Crippen LogP contribution in [-0.2, 0) is 0 Å². The molecule has 0 radical (unpaired) electrons. The Morgan fingerprint density at radius 3 is 1.78 bits per heavy atom. The molecule has 0 heterocycles. The number of ether oxygens (including phenoxy) is 1. The van der Waals surface area contributed by atoms with Crippen LogP contribution in [0.15, 0.2) is 97.1 Å². The Labute approximate surface area is 245 Å². The third-order valence-corrected chi connectivity index (χ3v) is 12.9. The van der Waals surface area contributed by atoms with E-state index in [0.717, 1.165) is 22.8 Å². The van der Waals surface area contributed by atoms with Crippen molar-refractivity contribution >= 4 is 40.5 Å². The van der Waals surface area contributed by atoms with Crippen molar-refractivity contribution in [3.8, 4) is 22.6 Å². The maximum atomic E-state index is 6.75. The second-order valence-corrected chi connectivity index (χ2v) is 14.8. The number of nitrogens with two attached hydrogens (primary N) is 1. The van der Waals surface area contributed by atoms with Gasteiger partial charge in [-0.15, -0.1) is 0 Å². The molecule has 0 unspecified atom stereocenters. The van der Waals surface area contributed by atoms with E-state index in [-0.39, 0.29) is 7.92 Å². The monoisotopic (exact) mass is 557 g/mol. The highest BCUT2D eigenvalue weighted by Gasteiger charge is 2.35. The lowest BCUT2D eigenvalue weighted by Crippen LogP contribution is -2.27. The summed E-state index contributed by atoms with van der Waals surface area (Å²) in [5.41, 5.74) is 11.2. The molecule has 2 nitrogen and oxygen atoms in total. The molecule has 0 aliphatic heterocycles. The average molecular weight is 558 g/mol. The molecule has 2 aliphatic carbocycles. The van der Waals surface area contributed by atoms with Gasteiger partial charge in [-0.25, -0.2) is 0 Å². The number of rotatable bonds is 6. The Morgan fingerprint density at radius 2 is 1.15 bits per heavy atom. The zero-order valence-electron chi connectivity index (χ0n) is 23.9. The Morgan fingerprint density at radius 1 is 0.561 bits per heavy atom. The van der Waals surface area contributed by atoms with Gasteiger partial charge in [-0.05, 0) is 82.0 Å². The summed E-state index contributed by atoms with van der Waals surface area (Å²) in [5.74, 6) is 1.69. The minimum Gasteiger partial charge on any atom is -0.457 e. The van der Waals surface area contributed by atoms with Crippen molar-refractivity contribution < 1.29 is 4.74 Å². The normalized spacial score (nSPS) is 16.9. The molecule has 0 saturated heterocycles. The van der Waals surface area contributed by atoms with E-state index in [4.69, 9.17) is 10.5 Å². The van der Waals surface area contributed by atoms with Crippen LogP contribution in [0.1, 0.15) is 64.2 Å². The quantitative estimate of drug-likeness (QED) is 0.166. The molecule has 5 aromatic rings. The van der Waals surface area contributed by atoms with E-state index < -0.39 is 0 Å². The van der Waals surface area contributed by atoms with Gasteiger partial charge in [0.1, 0.15) is 11.5 Å². The lowest BCUT2D eigenvalue weighted by molar-refractivity contribution is 0.485. The molecule has 5 aromatic carbocycles. The molecule has 0 spiro atoms. The summed E-state index contributed by atoms with van der Waals surface area (Å²) < 4.78 is 6.75. The van der Waals surface area contributed by atoms with Crippen molar-refractivity contribution in [1.82, 2.24) is 0 Å². The smallest absolute Gasteiger partial charge is 0.135 e. The molecule has 2 fully saturated rings. The molecular weight excluding hydrogens is 517 g/mol.